The van der Waals surface area contributed by atoms with Gasteiger partial charge in [-0.25, -0.2) is 0 Å². The highest BCUT2D eigenvalue weighted by atomic mass is 16.5. The van der Waals surface area contributed by atoms with Crippen molar-refractivity contribution in [1.29, 1.82) is 0 Å². The number of rotatable bonds is 2. The normalized spacial score (nSPS) is 30.9. The lowest BCUT2D eigenvalue weighted by Crippen LogP contribution is -2.38. The zero-order chi connectivity index (χ0) is 7.61. The fourth-order valence-corrected chi connectivity index (χ4v) is 1.20. The summed E-state index contributed by atoms with van der Waals surface area (Å²) < 4.78 is 5.38. The number of aliphatic hydroxyl groups excluding tert-OH is 1. The van der Waals surface area contributed by atoms with Gasteiger partial charge in [0, 0.05) is 12.6 Å². The fourth-order valence-electron chi connectivity index (χ4n) is 1.20. The van der Waals surface area contributed by atoms with Gasteiger partial charge in [-0.2, -0.15) is 0 Å². The van der Waals surface area contributed by atoms with E-state index < -0.39 is 0 Å². The molecule has 1 aliphatic rings. The summed E-state index contributed by atoms with van der Waals surface area (Å²) in [6.07, 6.45) is 0.781. The van der Waals surface area contributed by atoms with Crippen LogP contribution in [0, 0.1) is 0 Å². The van der Waals surface area contributed by atoms with Crippen molar-refractivity contribution in [2.24, 2.45) is 0 Å². The van der Waals surface area contributed by atoms with Crippen LogP contribution in [0.3, 0.4) is 0 Å². The monoisotopic (exact) mass is 145 g/mol. The third-order valence-electron chi connectivity index (χ3n) is 1.67. The summed E-state index contributed by atoms with van der Waals surface area (Å²) in [6.45, 7) is 4.93. The van der Waals surface area contributed by atoms with E-state index in [1.54, 1.807) is 0 Å². The zero-order valence-electron chi connectivity index (χ0n) is 6.55. The molecule has 60 valence electrons. The molecule has 0 spiro atoms. The fraction of sp³-hybridized carbons (Fsp3) is 1.00. The number of ether oxygens (including phenoxy) is 1. The summed E-state index contributed by atoms with van der Waals surface area (Å²) in [6, 6.07) is 0.333. The number of hydrogen-bond acceptors (Lipinski definition) is 3. The lowest BCUT2D eigenvalue weighted by atomic mass is 10.2. The first kappa shape index (κ1) is 7.98. The van der Waals surface area contributed by atoms with Crippen LogP contribution >= 0.6 is 0 Å². The predicted octanol–water partition coefficient (Wildman–Crippen LogP) is 0.0933. The van der Waals surface area contributed by atoms with E-state index >= 15 is 0 Å². The maximum atomic E-state index is 8.60. The van der Waals surface area contributed by atoms with Crippen molar-refractivity contribution in [3.8, 4) is 0 Å². The molecule has 0 radical (unpaired) electrons. The molecule has 0 amide bonds. The Bertz CT molecular complexity index is 114. The molecular weight excluding hydrogens is 130 g/mol. The molecule has 0 aromatic heterocycles. The average Bonchev–Trinajstić information content (AvgIpc) is 2.12. The Kier molecular flexibility index (Phi) is 2.28. The van der Waals surface area contributed by atoms with Crippen molar-refractivity contribution < 1.29 is 9.84 Å². The molecule has 3 heteroatoms. The number of nitrogens with one attached hydrogen (secondary N) is 1. The van der Waals surface area contributed by atoms with Crippen LogP contribution in [0.25, 0.3) is 0 Å². The van der Waals surface area contributed by atoms with Crippen molar-refractivity contribution >= 4 is 0 Å². The van der Waals surface area contributed by atoms with Crippen molar-refractivity contribution in [2.75, 3.05) is 13.2 Å². The Hall–Kier alpha value is -0.120. The topological polar surface area (TPSA) is 41.5 Å². The maximum Gasteiger partial charge on any atom is 0.113 e. The van der Waals surface area contributed by atoms with Crippen molar-refractivity contribution in [1.82, 2.24) is 5.32 Å². The minimum atomic E-state index is -0.195. The quantitative estimate of drug-likeness (QED) is 0.578. The molecule has 1 unspecified atom stereocenters. The first-order chi connectivity index (χ1) is 4.64. The van der Waals surface area contributed by atoms with Gasteiger partial charge in [0.15, 0.2) is 0 Å². The third-order valence-corrected chi connectivity index (χ3v) is 1.67. The van der Waals surface area contributed by atoms with Gasteiger partial charge >= 0.3 is 0 Å². The summed E-state index contributed by atoms with van der Waals surface area (Å²) >= 11 is 0. The summed E-state index contributed by atoms with van der Waals surface area (Å²) in [4.78, 5) is 0. The molecule has 3 nitrogen and oxygen atoms in total. The van der Waals surface area contributed by atoms with E-state index in [-0.39, 0.29) is 12.3 Å². The SMILES string of the molecule is CC1(C)NC(CCO)CO1. The molecule has 1 heterocycles. The van der Waals surface area contributed by atoms with E-state index in [9.17, 15) is 0 Å². The van der Waals surface area contributed by atoms with Gasteiger partial charge in [-0.1, -0.05) is 0 Å². The summed E-state index contributed by atoms with van der Waals surface area (Å²) in [5.41, 5.74) is -0.195. The highest BCUT2D eigenvalue weighted by molar-refractivity contribution is 4.81. The third kappa shape index (κ3) is 1.94. The molecule has 1 fully saturated rings. The van der Waals surface area contributed by atoms with E-state index in [1.807, 2.05) is 13.8 Å². The van der Waals surface area contributed by atoms with Crippen LogP contribution in [-0.2, 0) is 4.74 Å². The van der Waals surface area contributed by atoms with Gasteiger partial charge in [-0.3, -0.25) is 5.32 Å². The highest BCUT2D eigenvalue weighted by Crippen LogP contribution is 2.15. The molecule has 1 saturated heterocycles. The minimum absolute atomic E-state index is 0.195. The standard InChI is InChI=1S/C7H15NO2/c1-7(2)8-6(3-4-9)5-10-7/h6,8-9H,3-5H2,1-2H3. The van der Waals surface area contributed by atoms with Crippen LogP contribution in [0.1, 0.15) is 20.3 Å². The first-order valence-electron chi connectivity index (χ1n) is 3.66. The molecule has 2 N–H and O–H groups in total. The van der Waals surface area contributed by atoms with Crippen LogP contribution in [-0.4, -0.2) is 30.1 Å². The van der Waals surface area contributed by atoms with Gasteiger partial charge in [-0.15, -0.1) is 0 Å². The molecule has 1 rings (SSSR count). The lowest BCUT2D eigenvalue weighted by molar-refractivity contribution is 0.0230. The Balaban J connectivity index is 2.29. The second kappa shape index (κ2) is 2.86. The zero-order valence-corrected chi connectivity index (χ0v) is 6.55. The minimum Gasteiger partial charge on any atom is -0.396 e. The van der Waals surface area contributed by atoms with E-state index in [4.69, 9.17) is 9.84 Å². The highest BCUT2D eigenvalue weighted by Gasteiger charge is 2.29. The summed E-state index contributed by atoms with van der Waals surface area (Å²) in [7, 11) is 0. The Labute approximate surface area is 61.4 Å². The van der Waals surface area contributed by atoms with Gasteiger partial charge in [-0.05, 0) is 20.3 Å². The van der Waals surface area contributed by atoms with Gasteiger partial charge in [0.2, 0.25) is 0 Å². The molecule has 1 atom stereocenters. The van der Waals surface area contributed by atoms with E-state index in [1.165, 1.54) is 0 Å². The van der Waals surface area contributed by atoms with Crippen molar-refractivity contribution in [3.63, 3.8) is 0 Å². The molecule has 0 aromatic carbocycles. The first-order valence-corrected chi connectivity index (χ1v) is 3.66. The molecule has 0 aromatic rings. The van der Waals surface area contributed by atoms with Crippen LogP contribution < -0.4 is 5.32 Å². The van der Waals surface area contributed by atoms with Crippen molar-refractivity contribution in [3.05, 3.63) is 0 Å². The van der Waals surface area contributed by atoms with E-state index in [0.29, 0.717) is 12.6 Å². The van der Waals surface area contributed by atoms with Crippen molar-refractivity contribution in [2.45, 2.75) is 32.0 Å². The molecule has 0 bridgehead atoms. The lowest BCUT2D eigenvalue weighted by Gasteiger charge is -2.17. The van der Waals surface area contributed by atoms with Gasteiger partial charge in [0.25, 0.3) is 0 Å². The second-order valence-corrected chi connectivity index (χ2v) is 3.17. The summed E-state index contributed by atoms with van der Waals surface area (Å²) in [5, 5.41) is 11.9. The largest absolute Gasteiger partial charge is 0.396 e. The molecule has 0 aliphatic carbocycles. The molecule has 10 heavy (non-hydrogen) atoms. The Morgan fingerprint density at radius 3 is 2.80 bits per heavy atom. The van der Waals surface area contributed by atoms with Crippen LogP contribution in [0.2, 0.25) is 0 Å². The smallest absolute Gasteiger partial charge is 0.113 e. The van der Waals surface area contributed by atoms with Gasteiger partial charge in [0.05, 0.1) is 6.61 Å². The van der Waals surface area contributed by atoms with Crippen LogP contribution in [0.15, 0.2) is 0 Å². The van der Waals surface area contributed by atoms with E-state index in [0.717, 1.165) is 6.42 Å². The second-order valence-electron chi connectivity index (χ2n) is 3.17. The average molecular weight is 145 g/mol. The molecule has 0 saturated carbocycles. The van der Waals surface area contributed by atoms with E-state index in [2.05, 4.69) is 5.32 Å². The Morgan fingerprint density at radius 1 is 1.70 bits per heavy atom. The van der Waals surface area contributed by atoms with Gasteiger partial charge < -0.3 is 9.84 Å². The number of aliphatic hydroxyl groups is 1. The van der Waals surface area contributed by atoms with Gasteiger partial charge in [0.1, 0.15) is 5.72 Å². The van der Waals surface area contributed by atoms with Crippen LogP contribution in [0.5, 0.6) is 0 Å². The number of hydrogen-bond donors (Lipinski definition) is 2. The van der Waals surface area contributed by atoms with Crippen LogP contribution in [0.4, 0.5) is 0 Å². The Morgan fingerprint density at radius 2 is 2.40 bits per heavy atom. The molecule has 1 aliphatic heterocycles. The predicted molar refractivity (Wildman–Crippen MR) is 38.7 cm³/mol. The maximum absolute atomic E-state index is 8.60. The summed E-state index contributed by atoms with van der Waals surface area (Å²) in [5.74, 6) is 0. The molecular formula is C7H15NO2.